The van der Waals surface area contributed by atoms with E-state index in [0.717, 1.165) is 57.5 Å². The summed E-state index contributed by atoms with van der Waals surface area (Å²) in [4.78, 5) is 21.8. The number of rotatable bonds is 4. The van der Waals surface area contributed by atoms with Crippen LogP contribution in [-0.2, 0) is 7.05 Å². The van der Waals surface area contributed by atoms with E-state index in [9.17, 15) is 4.79 Å². The minimum atomic E-state index is 0.102. The lowest BCUT2D eigenvalue weighted by Gasteiger charge is -2.34. The number of carbonyl (C=O) groups excluding carboxylic acids is 1. The number of nitrogens with zero attached hydrogens (tertiary/aromatic N) is 5. The van der Waals surface area contributed by atoms with E-state index in [-0.39, 0.29) is 11.9 Å². The van der Waals surface area contributed by atoms with Crippen LogP contribution in [0.15, 0.2) is 30.7 Å². The molecule has 4 rings (SSSR count). The Hall–Kier alpha value is -2.57. The number of hydrogen-bond acceptors (Lipinski definition) is 5. The molecule has 144 valence electrons. The van der Waals surface area contributed by atoms with Crippen LogP contribution in [0.3, 0.4) is 0 Å². The zero-order valence-electron chi connectivity index (χ0n) is 16.0. The topological polar surface area (TPSA) is 66.3 Å². The Labute approximate surface area is 160 Å². The number of pyridine rings is 1. The Kier molecular flexibility index (Phi) is 5.27. The van der Waals surface area contributed by atoms with Crippen molar-refractivity contribution >= 4 is 17.4 Å². The van der Waals surface area contributed by atoms with Crippen molar-refractivity contribution in [2.45, 2.75) is 38.1 Å². The van der Waals surface area contributed by atoms with Gasteiger partial charge in [0.1, 0.15) is 5.82 Å². The first-order chi connectivity index (χ1) is 13.2. The molecule has 0 aromatic carbocycles. The highest BCUT2D eigenvalue weighted by atomic mass is 16.2. The van der Waals surface area contributed by atoms with Crippen molar-refractivity contribution in [2.24, 2.45) is 7.05 Å². The zero-order valence-corrected chi connectivity index (χ0v) is 16.0. The van der Waals surface area contributed by atoms with Gasteiger partial charge < -0.3 is 15.1 Å². The van der Waals surface area contributed by atoms with Gasteiger partial charge in [-0.1, -0.05) is 0 Å². The molecule has 1 unspecified atom stereocenters. The van der Waals surface area contributed by atoms with Crippen molar-refractivity contribution in [3.63, 3.8) is 0 Å². The monoisotopic (exact) mass is 368 g/mol. The summed E-state index contributed by atoms with van der Waals surface area (Å²) in [6.07, 6.45) is 11.3. The van der Waals surface area contributed by atoms with Crippen molar-refractivity contribution in [3.05, 3.63) is 36.3 Å². The normalized spacial score (nSPS) is 20.6. The number of hydrogen-bond donors (Lipinski definition) is 1. The summed E-state index contributed by atoms with van der Waals surface area (Å²) in [6.45, 7) is 3.63. The maximum atomic E-state index is 13.0. The number of amides is 1. The standard InChI is InChI=1S/C20H28N6O/c1-24-15-17(13-22-24)26-12-6-7-16(14-26)23-19-18(8-5-9-21-19)20(27)25-10-3-2-4-11-25/h5,8-9,13,15-16H,2-4,6-7,10-12,14H2,1H3,(H,21,23). The molecule has 2 saturated heterocycles. The molecule has 7 heteroatoms. The fourth-order valence-electron chi connectivity index (χ4n) is 4.05. The summed E-state index contributed by atoms with van der Waals surface area (Å²) in [5.41, 5.74) is 1.84. The second-order valence-corrected chi connectivity index (χ2v) is 7.55. The molecule has 27 heavy (non-hydrogen) atoms. The van der Waals surface area contributed by atoms with E-state index >= 15 is 0 Å². The van der Waals surface area contributed by atoms with Crippen LogP contribution in [0.5, 0.6) is 0 Å². The predicted molar refractivity (Wildman–Crippen MR) is 106 cm³/mol. The third-order valence-corrected chi connectivity index (χ3v) is 5.50. The van der Waals surface area contributed by atoms with Crippen LogP contribution < -0.4 is 10.2 Å². The van der Waals surface area contributed by atoms with Gasteiger partial charge in [-0.05, 0) is 44.2 Å². The molecule has 0 aliphatic carbocycles. The largest absolute Gasteiger partial charge is 0.367 e. The molecule has 7 nitrogen and oxygen atoms in total. The van der Waals surface area contributed by atoms with Gasteiger partial charge in [0.05, 0.1) is 17.4 Å². The van der Waals surface area contributed by atoms with E-state index in [1.54, 1.807) is 6.20 Å². The molecule has 0 spiro atoms. The van der Waals surface area contributed by atoms with Crippen LogP contribution in [0.25, 0.3) is 0 Å². The third kappa shape index (κ3) is 4.07. The second-order valence-electron chi connectivity index (χ2n) is 7.55. The lowest BCUT2D eigenvalue weighted by atomic mass is 10.0. The SMILES string of the molecule is Cn1cc(N2CCCC(Nc3ncccc3C(=O)N3CCCCC3)C2)cn1. The van der Waals surface area contributed by atoms with E-state index < -0.39 is 0 Å². The third-order valence-electron chi connectivity index (χ3n) is 5.50. The number of anilines is 2. The van der Waals surface area contributed by atoms with Crippen LogP contribution in [-0.4, -0.2) is 57.8 Å². The number of piperidine rings is 2. The maximum Gasteiger partial charge on any atom is 0.257 e. The highest BCUT2D eigenvalue weighted by Crippen LogP contribution is 2.23. The first kappa shape index (κ1) is 17.8. The summed E-state index contributed by atoms with van der Waals surface area (Å²) in [5, 5.41) is 7.83. The van der Waals surface area contributed by atoms with Crippen molar-refractivity contribution in [1.29, 1.82) is 0 Å². The summed E-state index contributed by atoms with van der Waals surface area (Å²) in [7, 11) is 1.94. The van der Waals surface area contributed by atoms with Gasteiger partial charge in [-0.3, -0.25) is 9.48 Å². The Morgan fingerprint density at radius 2 is 2.04 bits per heavy atom. The fraction of sp³-hybridized carbons (Fsp3) is 0.550. The minimum absolute atomic E-state index is 0.102. The molecular weight excluding hydrogens is 340 g/mol. The van der Waals surface area contributed by atoms with E-state index in [4.69, 9.17) is 0 Å². The minimum Gasteiger partial charge on any atom is -0.367 e. The second kappa shape index (κ2) is 7.98. The number of likely N-dealkylation sites (tertiary alicyclic amines) is 1. The van der Waals surface area contributed by atoms with E-state index in [0.29, 0.717) is 11.4 Å². The Balaban J connectivity index is 1.46. The molecule has 0 bridgehead atoms. The highest BCUT2D eigenvalue weighted by Gasteiger charge is 2.25. The predicted octanol–water partition coefficient (Wildman–Crippen LogP) is 2.52. The van der Waals surface area contributed by atoms with E-state index in [1.165, 1.54) is 6.42 Å². The molecular formula is C20H28N6O. The van der Waals surface area contributed by atoms with Gasteiger partial charge in [-0.2, -0.15) is 5.10 Å². The van der Waals surface area contributed by atoms with Crippen molar-refractivity contribution < 1.29 is 4.79 Å². The quantitative estimate of drug-likeness (QED) is 0.898. The number of nitrogens with one attached hydrogen (secondary N) is 1. The smallest absolute Gasteiger partial charge is 0.257 e. The molecule has 0 radical (unpaired) electrons. The average Bonchev–Trinajstić information content (AvgIpc) is 3.15. The summed E-state index contributed by atoms with van der Waals surface area (Å²) < 4.78 is 1.83. The average molecular weight is 368 g/mol. The molecule has 2 fully saturated rings. The molecule has 2 aromatic rings. The zero-order chi connectivity index (χ0) is 18.6. The van der Waals surface area contributed by atoms with Gasteiger partial charge in [0.25, 0.3) is 5.91 Å². The summed E-state index contributed by atoms with van der Waals surface area (Å²) >= 11 is 0. The number of aromatic nitrogens is 3. The van der Waals surface area contributed by atoms with Gasteiger partial charge in [0.15, 0.2) is 0 Å². The number of carbonyl (C=O) groups is 1. The van der Waals surface area contributed by atoms with Crippen molar-refractivity contribution in [2.75, 3.05) is 36.4 Å². The van der Waals surface area contributed by atoms with Gasteiger partial charge in [0, 0.05) is 51.7 Å². The summed E-state index contributed by atoms with van der Waals surface area (Å²) in [5.74, 6) is 0.816. The number of aryl methyl sites for hydroxylation is 1. The Morgan fingerprint density at radius 3 is 2.81 bits per heavy atom. The molecule has 2 aliphatic heterocycles. The van der Waals surface area contributed by atoms with Crippen molar-refractivity contribution in [1.82, 2.24) is 19.7 Å². The fourth-order valence-corrected chi connectivity index (χ4v) is 4.05. The molecule has 0 saturated carbocycles. The molecule has 1 atom stereocenters. The maximum absolute atomic E-state index is 13.0. The molecule has 1 N–H and O–H groups in total. The Bertz CT molecular complexity index is 782. The van der Waals surface area contributed by atoms with Gasteiger partial charge in [-0.25, -0.2) is 4.98 Å². The van der Waals surface area contributed by atoms with Crippen LogP contribution in [0.1, 0.15) is 42.5 Å². The van der Waals surface area contributed by atoms with E-state index in [1.807, 2.05) is 35.0 Å². The van der Waals surface area contributed by atoms with Gasteiger partial charge in [-0.15, -0.1) is 0 Å². The summed E-state index contributed by atoms with van der Waals surface area (Å²) in [6, 6.07) is 4.01. The first-order valence-electron chi connectivity index (χ1n) is 9.95. The molecule has 4 heterocycles. The molecule has 2 aliphatic rings. The van der Waals surface area contributed by atoms with Crippen LogP contribution >= 0.6 is 0 Å². The highest BCUT2D eigenvalue weighted by molar-refractivity contribution is 5.98. The van der Waals surface area contributed by atoms with Crippen LogP contribution in [0.4, 0.5) is 11.5 Å². The molecule has 1 amide bonds. The lowest BCUT2D eigenvalue weighted by Crippen LogP contribution is -2.43. The molecule has 2 aromatic heterocycles. The van der Waals surface area contributed by atoms with Crippen LogP contribution in [0.2, 0.25) is 0 Å². The van der Waals surface area contributed by atoms with Gasteiger partial charge in [0.2, 0.25) is 0 Å². The Morgan fingerprint density at radius 1 is 1.19 bits per heavy atom. The lowest BCUT2D eigenvalue weighted by molar-refractivity contribution is 0.0725. The van der Waals surface area contributed by atoms with Crippen LogP contribution in [0, 0.1) is 0 Å². The van der Waals surface area contributed by atoms with Gasteiger partial charge >= 0.3 is 0 Å². The van der Waals surface area contributed by atoms with E-state index in [2.05, 4.69) is 26.5 Å². The van der Waals surface area contributed by atoms with Crippen molar-refractivity contribution in [3.8, 4) is 0 Å². The first-order valence-corrected chi connectivity index (χ1v) is 9.95.